The second-order valence-electron chi connectivity index (χ2n) is 6.15. The van der Waals surface area contributed by atoms with E-state index in [4.69, 9.17) is 0 Å². The number of pyridine rings is 1. The first-order valence-corrected chi connectivity index (χ1v) is 7.46. The molecule has 0 saturated heterocycles. The summed E-state index contributed by atoms with van der Waals surface area (Å²) in [6.07, 6.45) is 7.80. The molecule has 2 aromatic heterocycles. The van der Waals surface area contributed by atoms with E-state index in [1.54, 1.807) is 0 Å². The summed E-state index contributed by atoms with van der Waals surface area (Å²) in [4.78, 5) is 13.5. The maximum Gasteiger partial charge on any atom is 0.122 e. The zero-order valence-electron chi connectivity index (χ0n) is 12.8. The van der Waals surface area contributed by atoms with Crippen LogP contribution in [-0.2, 0) is 19.6 Å². The zero-order chi connectivity index (χ0) is 14.7. The van der Waals surface area contributed by atoms with Gasteiger partial charge in [0.25, 0.3) is 0 Å². The first kappa shape index (κ1) is 14.2. The number of nitrogens with zero attached hydrogens (tertiary/aromatic N) is 5. The first-order valence-electron chi connectivity index (χ1n) is 7.46. The van der Waals surface area contributed by atoms with Crippen molar-refractivity contribution in [1.82, 2.24) is 24.3 Å². The summed E-state index contributed by atoms with van der Waals surface area (Å²) in [6, 6.07) is 4.15. The van der Waals surface area contributed by atoms with Crippen LogP contribution in [0.3, 0.4) is 0 Å². The highest BCUT2D eigenvalue weighted by molar-refractivity contribution is 5.09. The third-order valence-electron chi connectivity index (χ3n) is 3.89. The minimum absolute atomic E-state index is 0.618. The number of aromatic nitrogens is 3. The van der Waals surface area contributed by atoms with E-state index in [2.05, 4.69) is 50.7 Å². The lowest BCUT2D eigenvalue weighted by Crippen LogP contribution is -2.33. The molecular weight excluding hydrogens is 262 g/mol. The van der Waals surface area contributed by atoms with E-state index < -0.39 is 0 Å². The van der Waals surface area contributed by atoms with Crippen LogP contribution in [-0.4, -0.2) is 51.5 Å². The number of hydrogen-bond acceptors (Lipinski definition) is 4. The van der Waals surface area contributed by atoms with Gasteiger partial charge in [0.2, 0.25) is 0 Å². The normalized spacial score (nSPS) is 19.5. The molecule has 0 unspecified atom stereocenters. The highest BCUT2D eigenvalue weighted by atomic mass is 15.2. The van der Waals surface area contributed by atoms with Crippen LogP contribution in [0.1, 0.15) is 11.4 Å². The van der Waals surface area contributed by atoms with Crippen molar-refractivity contribution >= 4 is 0 Å². The molecule has 112 valence electrons. The van der Waals surface area contributed by atoms with Gasteiger partial charge in [-0.05, 0) is 25.7 Å². The number of imidazole rings is 1. The van der Waals surface area contributed by atoms with Gasteiger partial charge in [0.15, 0.2) is 0 Å². The zero-order valence-corrected chi connectivity index (χ0v) is 12.8. The van der Waals surface area contributed by atoms with Crippen molar-refractivity contribution in [2.24, 2.45) is 5.92 Å². The Bertz CT molecular complexity index is 563. The van der Waals surface area contributed by atoms with E-state index in [0.29, 0.717) is 5.92 Å². The van der Waals surface area contributed by atoms with Gasteiger partial charge in [-0.25, -0.2) is 4.98 Å². The maximum absolute atomic E-state index is 4.51. The molecule has 1 aliphatic rings. The van der Waals surface area contributed by atoms with Crippen molar-refractivity contribution in [3.05, 3.63) is 48.3 Å². The van der Waals surface area contributed by atoms with Gasteiger partial charge in [-0.2, -0.15) is 0 Å². The molecule has 0 radical (unpaired) electrons. The number of rotatable bonds is 4. The molecule has 2 aromatic rings. The molecule has 0 N–H and O–H groups in total. The van der Waals surface area contributed by atoms with Crippen LogP contribution in [0.5, 0.6) is 0 Å². The summed E-state index contributed by atoms with van der Waals surface area (Å²) >= 11 is 0. The summed E-state index contributed by atoms with van der Waals surface area (Å²) in [5, 5.41) is 0. The van der Waals surface area contributed by atoms with E-state index >= 15 is 0 Å². The van der Waals surface area contributed by atoms with Crippen LogP contribution >= 0.6 is 0 Å². The molecule has 0 amide bonds. The third kappa shape index (κ3) is 3.68. The molecule has 3 heterocycles. The van der Waals surface area contributed by atoms with Crippen LogP contribution in [0.25, 0.3) is 0 Å². The Morgan fingerprint density at radius 3 is 2.95 bits per heavy atom. The number of fused-ring (bicyclic) bond motifs is 1. The third-order valence-corrected chi connectivity index (χ3v) is 3.89. The Labute approximate surface area is 126 Å². The maximum atomic E-state index is 4.51. The summed E-state index contributed by atoms with van der Waals surface area (Å²) < 4.78 is 2.30. The lowest BCUT2D eigenvalue weighted by molar-refractivity contribution is 0.194. The second kappa shape index (κ2) is 6.37. The number of hydrogen-bond donors (Lipinski definition) is 0. The van der Waals surface area contributed by atoms with Crippen molar-refractivity contribution in [1.29, 1.82) is 0 Å². The quantitative estimate of drug-likeness (QED) is 0.852. The van der Waals surface area contributed by atoms with Crippen LogP contribution < -0.4 is 0 Å². The highest BCUT2D eigenvalue weighted by Crippen LogP contribution is 2.18. The van der Waals surface area contributed by atoms with Crippen LogP contribution in [0.4, 0.5) is 0 Å². The predicted octanol–water partition coefficient (Wildman–Crippen LogP) is 1.47. The second-order valence-corrected chi connectivity index (χ2v) is 6.15. The van der Waals surface area contributed by atoms with E-state index in [1.165, 1.54) is 11.4 Å². The first-order chi connectivity index (χ1) is 10.2. The van der Waals surface area contributed by atoms with E-state index in [0.717, 1.165) is 32.7 Å². The largest absolute Gasteiger partial charge is 0.333 e. The van der Waals surface area contributed by atoms with Crippen molar-refractivity contribution < 1.29 is 0 Å². The fourth-order valence-electron chi connectivity index (χ4n) is 3.13. The van der Waals surface area contributed by atoms with Gasteiger partial charge >= 0.3 is 0 Å². The fourth-order valence-corrected chi connectivity index (χ4v) is 3.13. The molecule has 0 fully saturated rings. The van der Waals surface area contributed by atoms with Crippen LogP contribution in [0, 0.1) is 5.92 Å². The lowest BCUT2D eigenvalue weighted by atomic mass is 10.1. The smallest absolute Gasteiger partial charge is 0.122 e. The van der Waals surface area contributed by atoms with Gasteiger partial charge in [0.1, 0.15) is 5.82 Å². The Kier molecular flexibility index (Phi) is 4.31. The molecule has 21 heavy (non-hydrogen) atoms. The Morgan fingerprint density at radius 2 is 2.19 bits per heavy atom. The van der Waals surface area contributed by atoms with E-state index in [-0.39, 0.29) is 0 Å². The minimum atomic E-state index is 0.618. The minimum Gasteiger partial charge on any atom is -0.333 e. The van der Waals surface area contributed by atoms with Gasteiger partial charge < -0.3 is 9.47 Å². The Morgan fingerprint density at radius 1 is 1.29 bits per heavy atom. The molecular formula is C16H23N5. The van der Waals surface area contributed by atoms with Crippen LogP contribution in [0.15, 0.2) is 36.9 Å². The molecule has 0 bridgehead atoms. The predicted molar refractivity (Wildman–Crippen MR) is 82.6 cm³/mol. The summed E-state index contributed by atoms with van der Waals surface area (Å²) in [5.41, 5.74) is 1.26. The topological polar surface area (TPSA) is 37.2 Å². The molecule has 1 aliphatic heterocycles. The van der Waals surface area contributed by atoms with Gasteiger partial charge in [-0.1, -0.05) is 6.07 Å². The summed E-state index contributed by atoms with van der Waals surface area (Å²) in [7, 11) is 4.29. The SMILES string of the molecule is CN(C)C[C@@H]1CN(Cc2cccnc2)Cc2nccn2C1. The molecule has 0 spiro atoms. The van der Waals surface area contributed by atoms with Crippen molar-refractivity contribution in [2.45, 2.75) is 19.6 Å². The highest BCUT2D eigenvalue weighted by Gasteiger charge is 2.22. The summed E-state index contributed by atoms with van der Waals surface area (Å²) in [6.45, 7) is 5.09. The van der Waals surface area contributed by atoms with Crippen molar-refractivity contribution in [2.75, 3.05) is 27.2 Å². The molecule has 3 rings (SSSR count). The van der Waals surface area contributed by atoms with E-state index in [1.807, 2.05) is 24.7 Å². The Hall–Kier alpha value is -1.72. The Balaban J connectivity index is 1.76. The van der Waals surface area contributed by atoms with Gasteiger partial charge in [0.05, 0.1) is 6.54 Å². The molecule has 1 atom stereocenters. The average Bonchev–Trinajstić information content (AvgIpc) is 2.80. The average molecular weight is 285 g/mol. The molecule has 5 heteroatoms. The lowest BCUT2D eigenvalue weighted by Gasteiger charge is -2.25. The summed E-state index contributed by atoms with van der Waals surface area (Å²) in [5.74, 6) is 1.78. The standard InChI is InChI=1S/C16H23N5/c1-19(2)9-15-11-20(10-14-4-3-5-17-8-14)13-16-18-6-7-21(16)12-15/h3-8,15H,9-13H2,1-2H3/t15-/m1/s1. The fraction of sp³-hybridized carbons (Fsp3) is 0.500. The monoisotopic (exact) mass is 285 g/mol. The van der Waals surface area contributed by atoms with E-state index in [9.17, 15) is 0 Å². The van der Waals surface area contributed by atoms with Gasteiger partial charge in [-0.15, -0.1) is 0 Å². The molecule has 5 nitrogen and oxygen atoms in total. The molecule has 0 aromatic carbocycles. The van der Waals surface area contributed by atoms with Gasteiger partial charge in [0, 0.05) is 56.9 Å². The van der Waals surface area contributed by atoms with Crippen molar-refractivity contribution in [3.63, 3.8) is 0 Å². The molecule has 0 saturated carbocycles. The van der Waals surface area contributed by atoms with Crippen molar-refractivity contribution in [3.8, 4) is 0 Å². The van der Waals surface area contributed by atoms with Gasteiger partial charge in [-0.3, -0.25) is 9.88 Å². The molecule has 0 aliphatic carbocycles. The van der Waals surface area contributed by atoms with Crippen LogP contribution in [0.2, 0.25) is 0 Å².